The fraction of sp³-hybridized carbons (Fsp3) is 0.348. The number of likely N-dealkylation sites (tertiary alicyclic amines) is 1. The molecule has 0 bridgehead atoms. The number of hydrogen-bond acceptors (Lipinski definition) is 6. The first-order chi connectivity index (χ1) is 14.4. The van der Waals surface area contributed by atoms with E-state index in [4.69, 9.17) is 9.47 Å². The van der Waals surface area contributed by atoms with Gasteiger partial charge in [0.25, 0.3) is 11.7 Å². The van der Waals surface area contributed by atoms with Gasteiger partial charge in [-0.05, 0) is 41.3 Å². The van der Waals surface area contributed by atoms with Crippen LogP contribution in [0.2, 0.25) is 0 Å². The zero-order valence-electron chi connectivity index (χ0n) is 17.6. The quantitative estimate of drug-likeness (QED) is 0.428. The number of rotatable bonds is 7. The molecular formula is C23H26N2O5. The van der Waals surface area contributed by atoms with E-state index in [1.165, 1.54) is 12.0 Å². The summed E-state index contributed by atoms with van der Waals surface area (Å²) in [6.45, 7) is 4.52. The smallest absolute Gasteiger partial charge is 0.295 e. The zero-order valence-corrected chi connectivity index (χ0v) is 17.6. The Morgan fingerprint density at radius 2 is 2.00 bits per heavy atom. The topological polar surface area (TPSA) is 89.0 Å². The van der Waals surface area contributed by atoms with Crippen molar-refractivity contribution in [3.8, 4) is 5.75 Å². The van der Waals surface area contributed by atoms with Crippen LogP contribution in [0.25, 0.3) is 5.76 Å². The predicted octanol–water partition coefficient (Wildman–Crippen LogP) is 3.28. The number of Topliss-reactive ketones (excluding diaryl/α,β-unsaturated/α-hetero) is 1. The molecule has 0 saturated carbocycles. The van der Waals surface area contributed by atoms with Crippen LogP contribution in [0.15, 0.2) is 48.3 Å². The van der Waals surface area contributed by atoms with Crippen molar-refractivity contribution >= 4 is 17.4 Å². The number of methoxy groups -OCH3 is 2. The van der Waals surface area contributed by atoms with Crippen LogP contribution in [0.1, 0.15) is 42.5 Å². The van der Waals surface area contributed by atoms with Gasteiger partial charge in [0, 0.05) is 31.6 Å². The molecule has 7 nitrogen and oxygen atoms in total. The Balaban J connectivity index is 2.17. The number of ether oxygens (including phenoxy) is 2. The van der Waals surface area contributed by atoms with Gasteiger partial charge in [0.1, 0.15) is 11.5 Å². The lowest BCUT2D eigenvalue weighted by Gasteiger charge is -2.24. The lowest BCUT2D eigenvalue weighted by atomic mass is 9.93. The van der Waals surface area contributed by atoms with E-state index in [1.54, 1.807) is 49.8 Å². The molecular weight excluding hydrogens is 384 g/mol. The molecule has 1 aliphatic rings. The van der Waals surface area contributed by atoms with Crippen molar-refractivity contribution in [2.45, 2.75) is 25.8 Å². The number of nitrogens with zero attached hydrogens (tertiary/aromatic N) is 2. The highest BCUT2D eigenvalue weighted by molar-refractivity contribution is 6.46. The monoisotopic (exact) mass is 410 g/mol. The Morgan fingerprint density at radius 1 is 1.23 bits per heavy atom. The van der Waals surface area contributed by atoms with Crippen molar-refractivity contribution in [1.29, 1.82) is 0 Å². The summed E-state index contributed by atoms with van der Waals surface area (Å²) in [5.41, 5.74) is 2.04. The molecule has 0 spiro atoms. The summed E-state index contributed by atoms with van der Waals surface area (Å²) in [4.78, 5) is 31.2. The van der Waals surface area contributed by atoms with E-state index >= 15 is 0 Å². The first-order valence-corrected chi connectivity index (χ1v) is 9.76. The molecule has 1 amide bonds. The molecule has 7 heteroatoms. The van der Waals surface area contributed by atoms with Crippen molar-refractivity contribution in [1.82, 2.24) is 9.88 Å². The van der Waals surface area contributed by atoms with Gasteiger partial charge in [0.15, 0.2) is 0 Å². The number of carbonyl (C=O) groups is 2. The molecule has 1 atom stereocenters. The largest absolute Gasteiger partial charge is 0.507 e. The lowest BCUT2D eigenvalue weighted by molar-refractivity contribution is -0.140. The third kappa shape index (κ3) is 3.93. The van der Waals surface area contributed by atoms with Crippen LogP contribution in [-0.4, -0.2) is 54.1 Å². The number of pyridine rings is 1. The number of carbonyl (C=O) groups excluding carboxylic acids is 2. The Labute approximate surface area is 175 Å². The average molecular weight is 410 g/mol. The Bertz CT molecular complexity index is 969. The van der Waals surface area contributed by atoms with Crippen LogP contribution < -0.4 is 4.74 Å². The van der Waals surface area contributed by atoms with Crippen molar-refractivity contribution in [3.63, 3.8) is 0 Å². The number of aliphatic hydroxyl groups excluding tert-OH is 1. The molecule has 2 heterocycles. The van der Waals surface area contributed by atoms with Crippen LogP contribution in [0.4, 0.5) is 0 Å². The molecule has 1 saturated heterocycles. The Morgan fingerprint density at radius 3 is 2.60 bits per heavy atom. The maximum absolute atomic E-state index is 12.9. The van der Waals surface area contributed by atoms with Gasteiger partial charge in [-0.15, -0.1) is 0 Å². The van der Waals surface area contributed by atoms with Crippen LogP contribution in [0, 0.1) is 0 Å². The van der Waals surface area contributed by atoms with E-state index in [1.807, 2.05) is 13.8 Å². The fourth-order valence-electron chi connectivity index (χ4n) is 3.67. The standard InChI is InChI=1S/C23H26N2O5/c1-14(2)17-12-15(7-8-18(17)30-4)21(26)19-20(16-6-5-9-24-13-16)25(10-11-29-3)23(28)22(19)27/h5-9,12-14,20,26H,10-11H2,1-4H3/b21-19-. The maximum atomic E-state index is 12.9. The normalized spacial score (nSPS) is 18.3. The molecule has 1 aromatic heterocycles. The van der Waals surface area contributed by atoms with Crippen LogP contribution >= 0.6 is 0 Å². The minimum Gasteiger partial charge on any atom is -0.507 e. The maximum Gasteiger partial charge on any atom is 0.295 e. The highest BCUT2D eigenvalue weighted by atomic mass is 16.5. The molecule has 0 radical (unpaired) electrons. The number of ketones is 1. The summed E-state index contributed by atoms with van der Waals surface area (Å²) in [6, 6.07) is 8.01. The molecule has 3 rings (SSSR count). The van der Waals surface area contributed by atoms with Crippen molar-refractivity contribution in [3.05, 3.63) is 65.0 Å². The van der Waals surface area contributed by atoms with Gasteiger partial charge in [0.2, 0.25) is 0 Å². The third-order valence-corrected chi connectivity index (χ3v) is 5.20. The molecule has 1 fully saturated rings. The molecule has 158 valence electrons. The van der Waals surface area contributed by atoms with E-state index in [2.05, 4.69) is 4.98 Å². The molecule has 1 aliphatic heterocycles. The van der Waals surface area contributed by atoms with Gasteiger partial charge >= 0.3 is 0 Å². The Kier molecular flexibility index (Phi) is 6.52. The molecule has 1 N–H and O–H groups in total. The van der Waals surface area contributed by atoms with Crippen LogP contribution in [0.3, 0.4) is 0 Å². The number of benzene rings is 1. The van der Waals surface area contributed by atoms with E-state index in [0.717, 1.165) is 5.56 Å². The van der Waals surface area contributed by atoms with E-state index in [9.17, 15) is 14.7 Å². The fourth-order valence-corrected chi connectivity index (χ4v) is 3.67. The van der Waals surface area contributed by atoms with E-state index < -0.39 is 17.7 Å². The van der Waals surface area contributed by atoms with Gasteiger partial charge in [-0.25, -0.2) is 0 Å². The number of aromatic nitrogens is 1. The number of aliphatic hydroxyl groups is 1. The number of amides is 1. The highest BCUT2D eigenvalue weighted by Crippen LogP contribution is 2.40. The second-order valence-corrected chi connectivity index (χ2v) is 7.38. The van der Waals surface area contributed by atoms with Gasteiger partial charge in [0.05, 0.1) is 25.3 Å². The zero-order chi connectivity index (χ0) is 21.8. The van der Waals surface area contributed by atoms with Gasteiger partial charge in [-0.1, -0.05) is 19.9 Å². The van der Waals surface area contributed by atoms with Gasteiger partial charge in [-0.2, -0.15) is 0 Å². The van der Waals surface area contributed by atoms with E-state index in [-0.39, 0.29) is 30.4 Å². The number of hydrogen-bond donors (Lipinski definition) is 1. The SMILES string of the molecule is COCCN1C(=O)C(=O)/C(=C(\O)c2ccc(OC)c(C(C)C)c2)C1c1cccnc1. The molecule has 1 aromatic carbocycles. The Hall–Kier alpha value is -3.19. The molecule has 0 aliphatic carbocycles. The summed E-state index contributed by atoms with van der Waals surface area (Å²) in [5.74, 6) is -0.761. The van der Waals surface area contributed by atoms with Gasteiger partial charge < -0.3 is 19.5 Å². The summed E-state index contributed by atoms with van der Waals surface area (Å²) in [7, 11) is 3.12. The molecule has 1 unspecified atom stereocenters. The second kappa shape index (κ2) is 9.09. The van der Waals surface area contributed by atoms with E-state index in [0.29, 0.717) is 16.9 Å². The minimum absolute atomic E-state index is 0.0453. The first-order valence-electron chi connectivity index (χ1n) is 9.76. The average Bonchev–Trinajstić information content (AvgIpc) is 3.02. The van der Waals surface area contributed by atoms with Crippen molar-refractivity contribution < 1.29 is 24.2 Å². The van der Waals surface area contributed by atoms with Crippen LogP contribution in [-0.2, 0) is 14.3 Å². The lowest BCUT2D eigenvalue weighted by Crippen LogP contribution is -2.32. The summed E-state index contributed by atoms with van der Waals surface area (Å²) < 4.78 is 10.5. The minimum atomic E-state index is -0.738. The van der Waals surface area contributed by atoms with Crippen molar-refractivity contribution in [2.75, 3.05) is 27.4 Å². The molecule has 2 aromatic rings. The second-order valence-electron chi connectivity index (χ2n) is 7.38. The molecule has 30 heavy (non-hydrogen) atoms. The predicted molar refractivity (Wildman–Crippen MR) is 112 cm³/mol. The third-order valence-electron chi connectivity index (χ3n) is 5.20. The first kappa shape index (κ1) is 21.5. The summed E-state index contributed by atoms with van der Waals surface area (Å²) in [5, 5.41) is 11.1. The summed E-state index contributed by atoms with van der Waals surface area (Å²) in [6.07, 6.45) is 3.21. The highest BCUT2D eigenvalue weighted by Gasteiger charge is 2.46. The van der Waals surface area contributed by atoms with Crippen LogP contribution in [0.5, 0.6) is 5.75 Å². The van der Waals surface area contributed by atoms with Gasteiger partial charge in [-0.3, -0.25) is 14.6 Å². The summed E-state index contributed by atoms with van der Waals surface area (Å²) >= 11 is 0. The van der Waals surface area contributed by atoms with Crippen molar-refractivity contribution in [2.24, 2.45) is 0 Å².